The monoisotopic (exact) mass is 351 g/mol. The third kappa shape index (κ3) is 5.51. The number of carbonyl (C=O) groups excluding carboxylic acids is 1. The maximum atomic E-state index is 13.0. The predicted octanol–water partition coefficient (Wildman–Crippen LogP) is 1.49. The van der Waals surface area contributed by atoms with Crippen molar-refractivity contribution < 1.29 is 19.1 Å². The van der Waals surface area contributed by atoms with Crippen LogP contribution in [0.3, 0.4) is 0 Å². The Morgan fingerprint density at radius 3 is 2.68 bits per heavy atom. The standard InChI is InChI=1S/C18H26FN3O3/c19-14-8-6-13(7-9-14)12-21-15(4-1-2-10-20)17(23)22-11-3-5-16(22)18(24)25/h6-9,15-16,21H,1-5,10-12,20H2,(H,24,25)/t15-,16+/m0/s1. The second-order valence-corrected chi connectivity index (χ2v) is 6.37. The fourth-order valence-electron chi connectivity index (χ4n) is 3.14. The molecule has 0 aromatic heterocycles. The minimum atomic E-state index is -0.954. The number of aliphatic carboxylic acids is 1. The Labute approximate surface area is 147 Å². The molecule has 7 heteroatoms. The lowest BCUT2D eigenvalue weighted by Gasteiger charge is -2.27. The van der Waals surface area contributed by atoms with Gasteiger partial charge in [-0.25, -0.2) is 9.18 Å². The average molecular weight is 351 g/mol. The molecule has 1 aromatic carbocycles. The summed E-state index contributed by atoms with van der Waals surface area (Å²) in [5.41, 5.74) is 6.39. The minimum absolute atomic E-state index is 0.177. The first kappa shape index (κ1) is 19.3. The number of hydrogen-bond acceptors (Lipinski definition) is 4. The van der Waals surface area contributed by atoms with Gasteiger partial charge in [-0.15, -0.1) is 0 Å². The Hall–Kier alpha value is -1.99. The Morgan fingerprint density at radius 1 is 1.32 bits per heavy atom. The Balaban J connectivity index is 2.01. The number of nitrogens with zero attached hydrogens (tertiary/aromatic N) is 1. The maximum Gasteiger partial charge on any atom is 0.326 e. The molecule has 1 aliphatic rings. The van der Waals surface area contributed by atoms with E-state index in [4.69, 9.17) is 5.73 Å². The van der Waals surface area contributed by atoms with Gasteiger partial charge in [0, 0.05) is 13.1 Å². The Morgan fingerprint density at radius 2 is 2.04 bits per heavy atom. The van der Waals surface area contributed by atoms with Crippen molar-refractivity contribution in [3.05, 3.63) is 35.6 Å². The topological polar surface area (TPSA) is 95.7 Å². The fourth-order valence-corrected chi connectivity index (χ4v) is 3.14. The van der Waals surface area contributed by atoms with Crippen LogP contribution in [0.15, 0.2) is 24.3 Å². The van der Waals surface area contributed by atoms with Crippen molar-refractivity contribution in [1.82, 2.24) is 10.2 Å². The van der Waals surface area contributed by atoms with Crippen LogP contribution in [-0.4, -0.2) is 47.1 Å². The highest BCUT2D eigenvalue weighted by molar-refractivity contribution is 5.87. The van der Waals surface area contributed by atoms with Crippen molar-refractivity contribution in [2.75, 3.05) is 13.1 Å². The van der Waals surface area contributed by atoms with E-state index in [1.165, 1.54) is 17.0 Å². The summed E-state index contributed by atoms with van der Waals surface area (Å²) >= 11 is 0. The number of unbranched alkanes of at least 4 members (excludes halogenated alkanes) is 1. The summed E-state index contributed by atoms with van der Waals surface area (Å²) in [5, 5.41) is 12.5. The van der Waals surface area contributed by atoms with Gasteiger partial charge in [0.25, 0.3) is 0 Å². The van der Waals surface area contributed by atoms with Crippen LogP contribution in [0.2, 0.25) is 0 Å². The second-order valence-electron chi connectivity index (χ2n) is 6.37. The molecule has 2 rings (SSSR count). The van der Waals surface area contributed by atoms with Crippen LogP contribution in [0.4, 0.5) is 4.39 Å². The number of benzene rings is 1. The number of rotatable bonds is 9. The van der Waals surface area contributed by atoms with E-state index in [1.807, 2.05) is 0 Å². The highest BCUT2D eigenvalue weighted by atomic mass is 19.1. The first-order valence-corrected chi connectivity index (χ1v) is 8.74. The number of amides is 1. The Bertz CT molecular complexity index is 579. The molecule has 0 unspecified atom stereocenters. The average Bonchev–Trinajstić information content (AvgIpc) is 3.09. The van der Waals surface area contributed by atoms with E-state index >= 15 is 0 Å². The molecule has 138 valence electrons. The van der Waals surface area contributed by atoms with Crippen LogP contribution >= 0.6 is 0 Å². The van der Waals surface area contributed by atoms with Crippen LogP contribution < -0.4 is 11.1 Å². The quantitative estimate of drug-likeness (QED) is 0.586. The van der Waals surface area contributed by atoms with Crippen molar-refractivity contribution in [2.24, 2.45) is 5.73 Å². The predicted molar refractivity (Wildman–Crippen MR) is 92.3 cm³/mol. The van der Waals surface area contributed by atoms with E-state index in [2.05, 4.69) is 5.32 Å². The molecule has 6 nitrogen and oxygen atoms in total. The number of likely N-dealkylation sites (tertiary alicyclic amines) is 1. The largest absolute Gasteiger partial charge is 0.480 e. The maximum absolute atomic E-state index is 13.0. The van der Waals surface area contributed by atoms with Crippen molar-refractivity contribution >= 4 is 11.9 Å². The van der Waals surface area contributed by atoms with Gasteiger partial charge < -0.3 is 21.1 Å². The third-order valence-electron chi connectivity index (χ3n) is 4.53. The molecule has 1 fully saturated rings. The number of carboxylic acid groups (broad SMARTS) is 1. The lowest BCUT2D eigenvalue weighted by molar-refractivity contribution is -0.149. The molecule has 4 N–H and O–H groups in total. The van der Waals surface area contributed by atoms with Gasteiger partial charge in [0.05, 0.1) is 6.04 Å². The number of hydrogen-bond donors (Lipinski definition) is 3. The number of halogens is 1. The zero-order valence-corrected chi connectivity index (χ0v) is 14.3. The van der Waals surface area contributed by atoms with Gasteiger partial charge in [-0.2, -0.15) is 0 Å². The van der Waals surface area contributed by atoms with Crippen molar-refractivity contribution in [1.29, 1.82) is 0 Å². The van der Waals surface area contributed by atoms with Gasteiger partial charge in [0.15, 0.2) is 0 Å². The van der Waals surface area contributed by atoms with Crippen LogP contribution in [-0.2, 0) is 16.1 Å². The van der Waals surface area contributed by atoms with Gasteiger partial charge in [-0.05, 0) is 49.9 Å². The smallest absolute Gasteiger partial charge is 0.326 e. The summed E-state index contributed by atoms with van der Waals surface area (Å²) < 4.78 is 13.0. The van der Waals surface area contributed by atoms with Crippen molar-refractivity contribution in [3.63, 3.8) is 0 Å². The number of carbonyl (C=O) groups is 2. The molecule has 0 saturated carbocycles. The fraction of sp³-hybridized carbons (Fsp3) is 0.556. The molecule has 1 aromatic rings. The van der Waals surface area contributed by atoms with Crippen LogP contribution in [0.1, 0.15) is 37.7 Å². The molecule has 0 bridgehead atoms. The third-order valence-corrected chi connectivity index (χ3v) is 4.53. The minimum Gasteiger partial charge on any atom is -0.480 e. The molecule has 1 heterocycles. The molecular weight excluding hydrogens is 325 g/mol. The van der Waals surface area contributed by atoms with Crippen LogP contribution in [0, 0.1) is 5.82 Å². The molecular formula is C18H26FN3O3. The zero-order valence-electron chi connectivity index (χ0n) is 14.3. The van der Waals surface area contributed by atoms with Gasteiger partial charge in [-0.1, -0.05) is 18.6 Å². The molecule has 1 saturated heterocycles. The van der Waals surface area contributed by atoms with E-state index in [9.17, 15) is 19.1 Å². The lowest BCUT2D eigenvalue weighted by atomic mass is 10.1. The SMILES string of the molecule is NCCCC[C@H](NCc1ccc(F)cc1)C(=O)N1CCC[C@@H]1C(=O)O. The van der Waals surface area contributed by atoms with E-state index in [-0.39, 0.29) is 11.7 Å². The van der Waals surface area contributed by atoms with E-state index < -0.39 is 18.1 Å². The van der Waals surface area contributed by atoms with E-state index in [0.717, 1.165) is 18.4 Å². The zero-order chi connectivity index (χ0) is 18.2. The highest BCUT2D eigenvalue weighted by Crippen LogP contribution is 2.20. The summed E-state index contributed by atoms with van der Waals surface area (Å²) in [6.07, 6.45) is 3.39. The summed E-state index contributed by atoms with van der Waals surface area (Å²) in [6, 6.07) is 4.89. The molecule has 2 atom stereocenters. The number of nitrogens with two attached hydrogens (primary N) is 1. The lowest BCUT2D eigenvalue weighted by Crippen LogP contribution is -2.50. The van der Waals surface area contributed by atoms with Gasteiger partial charge in [0.1, 0.15) is 11.9 Å². The summed E-state index contributed by atoms with van der Waals surface area (Å²) in [4.78, 5) is 25.6. The second kappa shape index (κ2) is 9.48. The Kier molecular flexibility index (Phi) is 7.33. The van der Waals surface area contributed by atoms with Crippen molar-refractivity contribution in [3.8, 4) is 0 Å². The summed E-state index contributed by atoms with van der Waals surface area (Å²) in [5.74, 6) is -1.44. The molecule has 0 spiro atoms. The number of nitrogens with one attached hydrogen (secondary N) is 1. The number of carboxylic acids is 1. The normalized spacial score (nSPS) is 18.3. The molecule has 1 aliphatic heterocycles. The van der Waals surface area contributed by atoms with Crippen molar-refractivity contribution in [2.45, 2.75) is 50.7 Å². The van der Waals surface area contributed by atoms with E-state index in [1.54, 1.807) is 12.1 Å². The van der Waals surface area contributed by atoms with E-state index in [0.29, 0.717) is 38.9 Å². The summed E-state index contributed by atoms with van der Waals surface area (Å²) in [7, 11) is 0. The first-order chi connectivity index (χ1) is 12.0. The molecule has 25 heavy (non-hydrogen) atoms. The molecule has 0 aliphatic carbocycles. The van der Waals surface area contributed by atoms with Crippen LogP contribution in [0.5, 0.6) is 0 Å². The van der Waals surface area contributed by atoms with Gasteiger partial charge in [0.2, 0.25) is 5.91 Å². The first-order valence-electron chi connectivity index (χ1n) is 8.74. The molecule has 1 amide bonds. The highest BCUT2D eigenvalue weighted by Gasteiger charge is 2.36. The summed E-state index contributed by atoms with van der Waals surface area (Å²) in [6.45, 7) is 1.45. The molecule has 0 radical (unpaired) electrons. The van der Waals surface area contributed by atoms with Gasteiger partial charge in [-0.3, -0.25) is 4.79 Å². The van der Waals surface area contributed by atoms with Crippen LogP contribution in [0.25, 0.3) is 0 Å². The van der Waals surface area contributed by atoms with Gasteiger partial charge >= 0.3 is 5.97 Å².